The third kappa shape index (κ3) is 3.98. The minimum Gasteiger partial charge on any atom is -0.469 e. The quantitative estimate of drug-likeness (QED) is 0.825. The Morgan fingerprint density at radius 1 is 1.32 bits per heavy atom. The monoisotopic (exact) mass is 353 g/mol. The molecule has 25 heavy (non-hydrogen) atoms. The highest BCUT2D eigenvalue weighted by atomic mass is 19.1. The molecule has 1 saturated carbocycles. The topological polar surface area (TPSA) is 64.6 Å². The van der Waals surface area contributed by atoms with Crippen LogP contribution in [0.15, 0.2) is 18.2 Å². The van der Waals surface area contributed by atoms with Crippen LogP contribution >= 0.6 is 0 Å². The van der Waals surface area contributed by atoms with E-state index in [0.29, 0.717) is 38.0 Å². The number of hydrogen-bond donors (Lipinski definition) is 1. The van der Waals surface area contributed by atoms with Gasteiger partial charge in [-0.2, -0.15) is 0 Å². The van der Waals surface area contributed by atoms with Gasteiger partial charge in [0.1, 0.15) is 11.6 Å². The molecule has 1 N–H and O–H groups in total. The van der Waals surface area contributed by atoms with Crippen molar-refractivity contribution in [1.29, 1.82) is 0 Å². The minimum atomic E-state index is -0.684. The van der Waals surface area contributed by atoms with Gasteiger partial charge < -0.3 is 14.8 Å². The first-order chi connectivity index (χ1) is 11.9. The van der Waals surface area contributed by atoms with Gasteiger partial charge in [0.25, 0.3) is 0 Å². The second kappa shape index (κ2) is 7.07. The van der Waals surface area contributed by atoms with E-state index >= 15 is 0 Å². The highest BCUT2D eigenvalue weighted by molar-refractivity contribution is 5.84. The fraction of sp³-hybridized carbons (Fsp3) is 0.556. The SMILES string of the molecule is COC(=O)CC1(NC(=O)[C@@H]2C[C@H]2c2ccc(F)cc2F)CCOCC1. The largest absolute Gasteiger partial charge is 0.469 e. The third-order valence-electron chi connectivity index (χ3n) is 5.04. The number of carbonyl (C=O) groups excluding carboxylic acids is 2. The third-order valence-corrected chi connectivity index (χ3v) is 5.04. The standard InChI is InChI=1S/C18H21F2NO4/c1-24-16(22)10-18(4-6-25-7-5-18)21-17(23)14-9-13(14)12-3-2-11(19)8-15(12)20/h2-3,8,13-14H,4-7,9-10H2,1H3,(H,21,23)/t13-,14+/m0/s1. The van der Waals surface area contributed by atoms with E-state index in [2.05, 4.69) is 5.32 Å². The Labute approximate surface area is 144 Å². The van der Waals surface area contributed by atoms with E-state index in [-0.39, 0.29) is 30.1 Å². The molecule has 0 aromatic heterocycles. The molecule has 1 aliphatic heterocycles. The first-order valence-electron chi connectivity index (χ1n) is 8.36. The van der Waals surface area contributed by atoms with Crippen molar-refractivity contribution in [2.45, 2.75) is 37.1 Å². The predicted octanol–water partition coefficient (Wildman–Crippen LogP) is 2.30. The van der Waals surface area contributed by atoms with E-state index in [0.717, 1.165) is 6.07 Å². The summed E-state index contributed by atoms with van der Waals surface area (Å²) in [5, 5.41) is 2.97. The van der Waals surface area contributed by atoms with Gasteiger partial charge in [-0.15, -0.1) is 0 Å². The Kier molecular flexibility index (Phi) is 5.03. The summed E-state index contributed by atoms with van der Waals surface area (Å²) < 4.78 is 37.0. The lowest BCUT2D eigenvalue weighted by Crippen LogP contribution is -2.53. The number of methoxy groups -OCH3 is 1. The molecule has 1 aromatic rings. The van der Waals surface area contributed by atoms with Crippen LogP contribution in [0.3, 0.4) is 0 Å². The second-order valence-corrected chi connectivity index (χ2v) is 6.75. The van der Waals surface area contributed by atoms with Gasteiger partial charge in [0.2, 0.25) is 5.91 Å². The van der Waals surface area contributed by atoms with Crippen LogP contribution in [0.5, 0.6) is 0 Å². The van der Waals surface area contributed by atoms with Crippen LogP contribution in [-0.4, -0.2) is 37.7 Å². The van der Waals surface area contributed by atoms with E-state index in [1.165, 1.54) is 19.2 Å². The molecule has 5 nitrogen and oxygen atoms in total. The summed E-state index contributed by atoms with van der Waals surface area (Å²) in [6.07, 6.45) is 1.65. The molecule has 1 aromatic carbocycles. The van der Waals surface area contributed by atoms with Gasteiger partial charge in [-0.25, -0.2) is 8.78 Å². The number of amides is 1. The average Bonchev–Trinajstić information content (AvgIpc) is 3.36. The van der Waals surface area contributed by atoms with Crippen molar-refractivity contribution < 1.29 is 27.8 Å². The molecule has 136 valence electrons. The lowest BCUT2D eigenvalue weighted by molar-refractivity contribution is -0.144. The van der Waals surface area contributed by atoms with Crippen LogP contribution in [0.2, 0.25) is 0 Å². The smallest absolute Gasteiger partial charge is 0.307 e. The molecule has 1 saturated heterocycles. The van der Waals surface area contributed by atoms with E-state index < -0.39 is 17.2 Å². The molecule has 0 radical (unpaired) electrons. The zero-order chi connectivity index (χ0) is 18.0. The van der Waals surface area contributed by atoms with Gasteiger partial charge in [0, 0.05) is 25.2 Å². The maximum Gasteiger partial charge on any atom is 0.307 e. The van der Waals surface area contributed by atoms with E-state index in [1.54, 1.807) is 0 Å². The molecule has 0 unspecified atom stereocenters. The van der Waals surface area contributed by atoms with Crippen molar-refractivity contribution in [3.63, 3.8) is 0 Å². The number of benzene rings is 1. The summed E-state index contributed by atoms with van der Waals surface area (Å²) in [7, 11) is 1.31. The van der Waals surface area contributed by atoms with Crippen molar-refractivity contribution >= 4 is 11.9 Å². The molecule has 0 bridgehead atoms. The Balaban J connectivity index is 1.67. The zero-order valence-corrected chi connectivity index (χ0v) is 14.0. The molecular formula is C18H21F2NO4. The highest BCUT2D eigenvalue weighted by Gasteiger charge is 2.48. The fourth-order valence-electron chi connectivity index (χ4n) is 3.44. The average molecular weight is 353 g/mol. The van der Waals surface area contributed by atoms with Gasteiger partial charge >= 0.3 is 5.97 Å². The Morgan fingerprint density at radius 2 is 2.04 bits per heavy atom. The van der Waals surface area contributed by atoms with Crippen LogP contribution in [-0.2, 0) is 19.1 Å². The number of rotatable bonds is 5. The predicted molar refractivity (Wildman–Crippen MR) is 84.8 cm³/mol. The first kappa shape index (κ1) is 17.8. The number of ether oxygens (including phenoxy) is 2. The van der Waals surface area contributed by atoms with Crippen LogP contribution < -0.4 is 5.32 Å². The molecule has 2 atom stereocenters. The maximum absolute atomic E-state index is 13.9. The van der Waals surface area contributed by atoms with E-state index in [1.807, 2.05) is 0 Å². The van der Waals surface area contributed by atoms with Crippen LogP contribution in [0, 0.1) is 17.6 Å². The molecule has 1 heterocycles. The summed E-state index contributed by atoms with van der Waals surface area (Å²) in [5.41, 5.74) is -0.327. The van der Waals surface area contributed by atoms with Crippen molar-refractivity contribution in [3.8, 4) is 0 Å². The Bertz CT molecular complexity index is 673. The zero-order valence-electron chi connectivity index (χ0n) is 14.0. The highest BCUT2D eigenvalue weighted by Crippen LogP contribution is 2.49. The second-order valence-electron chi connectivity index (χ2n) is 6.75. The normalized spacial score (nSPS) is 24.4. The maximum atomic E-state index is 13.9. The summed E-state index contributed by atoms with van der Waals surface area (Å²) in [6.45, 7) is 0.913. The van der Waals surface area contributed by atoms with E-state index in [9.17, 15) is 18.4 Å². The summed E-state index contributed by atoms with van der Waals surface area (Å²) >= 11 is 0. The van der Waals surface area contributed by atoms with Crippen LogP contribution in [0.25, 0.3) is 0 Å². The minimum absolute atomic E-state index is 0.0842. The summed E-state index contributed by atoms with van der Waals surface area (Å²) in [6, 6.07) is 3.42. The van der Waals surface area contributed by atoms with Crippen molar-refractivity contribution in [2.24, 2.45) is 5.92 Å². The lowest BCUT2D eigenvalue weighted by atomic mass is 9.86. The molecule has 1 aliphatic carbocycles. The summed E-state index contributed by atoms with van der Waals surface area (Å²) in [4.78, 5) is 24.3. The fourth-order valence-corrected chi connectivity index (χ4v) is 3.44. The number of carbonyl (C=O) groups is 2. The molecule has 3 rings (SSSR count). The van der Waals surface area contributed by atoms with Crippen molar-refractivity contribution in [1.82, 2.24) is 5.32 Å². The van der Waals surface area contributed by atoms with Gasteiger partial charge in [-0.1, -0.05) is 6.07 Å². The Hall–Kier alpha value is -2.02. The molecule has 2 aliphatic rings. The lowest BCUT2D eigenvalue weighted by Gasteiger charge is -2.37. The Morgan fingerprint density at radius 3 is 2.68 bits per heavy atom. The number of hydrogen-bond acceptors (Lipinski definition) is 4. The van der Waals surface area contributed by atoms with Crippen LogP contribution in [0.1, 0.15) is 37.2 Å². The van der Waals surface area contributed by atoms with Gasteiger partial charge in [-0.05, 0) is 36.8 Å². The molecular weight excluding hydrogens is 332 g/mol. The van der Waals surface area contributed by atoms with Crippen LogP contribution in [0.4, 0.5) is 8.78 Å². The van der Waals surface area contributed by atoms with Gasteiger partial charge in [0.15, 0.2) is 0 Å². The number of halogens is 2. The molecule has 0 spiro atoms. The van der Waals surface area contributed by atoms with Crippen molar-refractivity contribution in [3.05, 3.63) is 35.4 Å². The van der Waals surface area contributed by atoms with Gasteiger partial charge in [-0.3, -0.25) is 9.59 Å². The molecule has 7 heteroatoms. The molecule has 2 fully saturated rings. The molecule has 1 amide bonds. The number of nitrogens with one attached hydrogen (secondary N) is 1. The summed E-state index contributed by atoms with van der Waals surface area (Å²) in [5.74, 6) is -2.48. The van der Waals surface area contributed by atoms with Gasteiger partial charge in [0.05, 0.1) is 19.1 Å². The first-order valence-corrected chi connectivity index (χ1v) is 8.36. The van der Waals surface area contributed by atoms with Crippen molar-refractivity contribution in [2.75, 3.05) is 20.3 Å². The number of esters is 1. The van der Waals surface area contributed by atoms with E-state index in [4.69, 9.17) is 9.47 Å².